The van der Waals surface area contributed by atoms with Crippen LogP contribution in [-0.4, -0.2) is 162 Å². The smallest absolute Gasteiger partial charge is 0.407 e. The highest BCUT2D eigenvalue weighted by molar-refractivity contribution is 5.87. The van der Waals surface area contributed by atoms with Crippen LogP contribution in [0.5, 0.6) is 0 Å². The van der Waals surface area contributed by atoms with Gasteiger partial charge in [-0.15, -0.1) is 0 Å². The van der Waals surface area contributed by atoms with Gasteiger partial charge in [0.05, 0.1) is 68.2 Å². The number of amides is 4. The molecule has 0 unspecified atom stereocenters. The molecule has 0 saturated carbocycles. The van der Waals surface area contributed by atoms with Crippen LogP contribution < -0.4 is 26.3 Å². The first-order valence-corrected chi connectivity index (χ1v) is 24.2. The number of nitrogens with one attached hydrogen (secondary N) is 4. The van der Waals surface area contributed by atoms with Crippen LogP contribution in [0.4, 0.5) is 59.4 Å². The normalized spacial score (nSPS) is 16.2. The van der Waals surface area contributed by atoms with Gasteiger partial charge in [0.15, 0.2) is 0 Å². The zero-order valence-corrected chi connectivity index (χ0v) is 43.3. The minimum Gasteiger partial charge on any atom is -0.453 e. The number of anilines is 1. The maximum Gasteiger partial charge on any atom is 0.407 e. The Morgan fingerprint density at radius 2 is 1.30 bits per heavy atom. The molecular weight excluding hydrogens is 1070 g/mol. The summed E-state index contributed by atoms with van der Waals surface area (Å²) in [5, 5.41) is 21.9. The van der Waals surface area contributed by atoms with E-state index in [9.17, 15) is 59.4 Å². The molecule has 2 fully saturated rings. The Balaban J connectivity index is 1.32. The van der Waals surface area contributed by atoms with Gasteiger partial charge in [0, 0.05) is 74.5 Å². The van der Waals surface area contributed by atoms with Crippen LogP contribution in [0.3, 0.4) is 0 Å². The van der Waals surface area contributed by atoms with Crippen molar-refractivity contribution < 1.29 is 82.4 Å². The number of aromatic nitrogens is 4. The molecule has 6 rings (SSSR count). The average Bonchev–Trinajstić information content (AvgIpc) is 3.90. The van der Waals surface area contributed by atoms with Gasteiger partial charge in [-0.05, 0) is 69.5 Å². The molecule has 0 bridgehead atoms. The summed E-state index contributed by atoms with van der Waals surface area (Å²) in [6.45, 7) is 1.37. The number of carbonyl (C=O) groups excluding carboxylic acids is 4. The highest BCUT2D eigenvalue weighted by Gasteiger charge is 2.57. The number of aliphatic hydroxyl groups is 1. The number of rotatable bonds is 19. The van der Waals surface area contributed by atoms with E-state index >= 15 is 8.78 Å². The Kier molecular flexibility index (Phi) is 19.5. The van der Waals surface area contributed by atoms with Gasteiger partial charge in [-0.2, -0.15) is 40.2 Å². The van der Waals surface area contributed by atoms with E-state index in [1.54, 1.807) is 17.7 Å². The molecule has 5 N–H and O–H groups in total. The van der Waals surface area contributed by atoms with Crippen molar-refractivity contribution in [2.75, 3.05) is 65.1 Å². The van der Waals surface area contributed by atoms with Crippen molar-refractivity contribution >= 4 is 29.9 Å². The molecule has 19 nitrogen and oxygen atoms in total. The van der Waals surface area contributed by atoms with Crippen molar-refractivity contribution in [1.82, 2.24) is 51.0 Å². The number of halogens is 10. The van der Waals surface area contributed by atoms with Crippen molar-refractivity contribution in [3.8, 4) is 23.0 Å². The fraction of sp³-hybridized carbons (Fsp3) is 0.500. The van der Waals surface area contributed by atoms with Gasteiger partial charge in [0.25, 0.3) is 5.91 Å². The van der Waals surface area contributed by atoms with E-state index < -0.39 is 115 Å². The Bertz CT molecular complexity index is 2810. The highest BCUT2D eigenvalue weighted by atomic mass is 19.4. The molecule has 4 amide bonds. The number of benzene rings is 2. The topological polar surface area (TPSA) is 218 Å². The monoisotopic (exact) mass is 1130 g/mol. The van der Waals surface area contributed by atoms with E-state index in [-0.39, 0.29) is 21.4 Å². The van der Waals surface area contributed by atoms with Crippen LogP contribution in [0.25, 0.3) is 11.1 Å². The first-order valence-electron chi connectivity index (χ1n) is 24.2. The van der Waals surface area contributed by atoms with Gasteiger partial charge in [-0.3, -0.25) is 19.9 Å². The van der Waals surface area contributed by atoms with Crippen LogP contribution >= 0.6 is 0 Å². The van der Waals surface area contributed by atoms with Crippen molar-refractivity contribution in [1.29, 1.82) is 0 Å². The van der Waals surface area contributed by atoms with Crippen LogP contribution in [-0.2, 0) is 36.8 Å². The molecule has 79 heavy (non-hydrogen) atoms. The molecule has 2 aliphatic heterocycles. The number of methoxy groups -OCH3 is 2. The Morgan fingerprint density at radius 1 is 0.772 bits per heavy atom. The first-order chi connectivity index (χ1) is 37.0. The number of piperazine rings is 1. The number of alkyl carbamates (subject to hydrolysis) is 2. The SMILES string of the molecule is COC(=O)N[C@H](C(=O)N[C@@H](Cc1ccc(C#Cc2cnc(N3CCN(C4COC4)CC3)nc2)cc1)[C@@H](O)CN(Cc1c(F)cc(-c2cnn(C(F)F)c2)cc1F)NC(=O)[C@@H](NC(=O)OC)C(C)(C)C(F)(F)F)C(C)(C)C(F)(F)F. The van der Waals surface area contributed by atoms with Gasteiger partial charge < -0.3 is 40.2 Å². The quantitative estimate of drug-likeness (QED) is 0.0447. The summed E-state index contributed by atoms with van der Waals surface area (Å²) >= 11 is 0. The maximum absolute atomic E-state index is 16.0. The molecule has 29 heteroatoms. The van der Waals surface area contributed by atoms with Gasteiger partial charge in [-0.1, -0.05) is 24.0 Å². The van der Waals surface area contributed by atoms with Crippen LogP contribution in [0.1, 0.15) is 56.5 Å². The largest absolute Gasteiger partial charge is 0.453 e. The minimum atomic E-state index is -5.23. The Hall–Kier alpha value is -7.29. The second kappa shape index (κ2) is 25.2. The summed E-state index contributed by atoms with van der Waals surface area (Å²) in [5.74, 6) is 0.349. The maximum atomic E-state index is 16.0. The molecule has 4 heterocycles. The van der Waals surface area contributed by atoms with Gasteiger partial charge in [-0.25, -0.2) is 38.0 Å². The van der Waals surface area contributed by atoms with E-state index in [4.69, 9.17) is 4.74 Å². The van der Waals surface area contributed by atoms with Crippen molar-refractivity contribution in [2.24, 2.45) is 10.8 Å². The molecule has 0 spiro atoms. The van der Waals surface area contributed by atoms with E-state index in [2.05, 4.69) is 51.5 Å². The molecule has 0 radical (unpaired) electrons. The second-order valence-corrected chi connectivity index (χ2v) is 19.7. The standard InChI is InChI=1S/C50H57F10N11O8/c1-47(2,49(55,56)57)39(65-45(75)77-5)41(73)64-37(17-29-10-7-28(8-11-29)9-12-30-20-61-44(62-21-30)69-15-13-68(14-16-69)33-26-79-27-33)38(72)25-70(67-42(74)40(66-46(76)78-6)48(3,4)50(58,59)60)24-34-35(51)18-31(19-36(34)52)32-22-63-71(23-32)43(53)54/h7-8,10-11,18-23,33,37-40,43,72H,13-17,24-27H2,1-6H3,(H,64,73)(H,65,75)(H,66,76)(H,67,74)/t37-,38-,39+,40+/m0/s1. The van der Waals surface area contributed by atoms with E-state index in [0.717, 1.165) is 52.8 Å². The summed E-state index contributed by atoms with van der Waals surface area (Å²) in [4.78, 5) is 66.1. The number of carbonyl (C=O) groups is 4. The third-order valence-corrected chi connectivity index (χ3v) is 13.5. The van der Waals surface area contributed by atoms with Gasteiger partial charge in [0.1, 0.15) is 23.7 Å². The van der Waals surface area contributed by atoms with Crippen molar-refractivity contribution in [3.63, 3.8) is 0 Å². The summed E-state index contributed by atoms with van der Waals surface area (Å²) in [6.07, 6.45) is -11.3. The van der Waals surface area contributed by atoms with Crippen LogP contribution in [0, 0.1) is 34.3 Å². The second-order valence-electron chi connectivity index (χ2n) is 19.7. The van der Waals surface area contributed by atoms with E-state index in [0.29, 0.717) is 81.2 Å². The summed E-state index contributed by atoms with van der Waals surface area (Å²) in [6, 6.07) is 0.927. The number of hydrogen-bond donors (Lipinski definition) is 5. The molecule has 4 aromatic rings. The van der Waals surface area contributed by atoms with Crippen LogP contribution in [0.15, 0.2) is 61.2 Å². The third kappa shape index (κ3) is 15.1. The summed E-state index contributed by atoms with van der Waals surface area (Å²) in [7, 11) is 1.59. The molecule has 2 aromatic heterocycles. The molecule has 2 aliphatic rings. The van der Waals surface area contributed by atoms with E-state index in [1.807, 2.05) is 10.7 Å². The number of hydrazine groups is 1. The minimum absolute atomic E-state index is 0.177. The average molecular weight is 1130 g/mol. The van der Waals surface area contributed by atoms with Crippen molar-refractivity contribution in [2.45, 2.75) is 89.8 Å². The fourth-order valence-corrected chi connectivity index (χ4v) is 8.20. The number of alkyl halides is 8. The van der Waals surface area contributed by atoms with Crippen LogP contribution in [0.2, 0.25) is 0 Å². The molecule has 430 valence electrons. The zero-order valence-electron chi connectivity index (χ0n) is 43.3. The first kappa shape index (κ1) is 60.9. The molecular formula is C50H57F10N11O8. The highest BCUT2D eigenvalue weighted by Crippen LogP contribution is 2.42. The van der Waals surface area contributed by atoms with Gasteiger partial charge >= 0.3 is 31.1 Å². The van der Waals surface area contributed by atoms with E-state index in [1.165, 1.54) is 24.3 Å². The lowest BCUT2D eigenvalue weighted by Gasteiger charge is -2.42. The Labute approximate surface area is 446 Å². The Morgan fingerprint density at radius 3 is 1.78 bits per heavy atom. The lowest BCUT2D eigenvalue weighted by atomic mass is 9.82. The third-order valence-electron chi connectivity index (χ3n) is 13.5. The number of aliphatic hydroxyl groups excluding tert-OH is 1. The number of nitrogens with zero attached hydrogens (tertiary/aromatic N) is 7. The molecule has 0 aliphatic carbocycles. The number of ether oxygens (including phenoxy) is 3. The molecule has 2 aromatic carbocycles. The lowest BCUT2D eigenvalue weighted by Crippen LogP contribution is -2.63. The summed E-state index contributed by atoms with van der Waals surface area (Å²) in [5.41, 5.74) is -4.42. The molecule has 2 saturated heterocycles. The fourth-order valence-electron chi connectivity index (χ4n) is 8.20. The van der Waals surface area contributed by atoms with Crippen molar-refractivity contribution in [3.05, 3.63) is 95.1 Å². The zero-order chi connectivity index (χ0) is 58.2. The molecule has 4 atom stereocenters. The lowest BCUT2D eigenvalue weighted by molar-refractivity contribution is -0.221. The predicted octanol–water partition coefficient (Wildman–Crippen LogP) is 5.48. The van der Waals surface area contributed by atoms with Gasteiger partial charge in [0.2, 0.25) is 11.9 Å². The predicted molar refractivity (Wildman–Crippen MR) is 260 cm³/mol. The number of hydrogen-bond acceptors (Lipinski definition) is 14. The summed E-state index contributed by atoms with van der Waals surface area (Å²) < 4.78 is 160.